The molecule has 0 saturated heterocycles. The Balaban J connectivity index is 1.86. The van der Waals surface area contributed by atoms with Gasteiger partial charge in [-0.15, -0.1) is 5.10 Å². The van der Waals surface area contributed by atoms with E-state index >= 15 is 0 Å². The zero-order chi connectivity index (χ0) is 10.5. The normalized spacial score (nSPS) is 20.9. The third-order valence-corrected chi connectivity index (χ3v) is 3.32. The summed E-state index contributed by atoms with van der Waals surface area (Å²) >= 11 is 0. The van der Waals surface area contributed by atoms with Gasteiger partial charge in [0.05, 0.1) is 0 Å². The van der Waals surface area contributed by atoms with Gasteiger partial charge in [0, 0.05) is 6.04 Å². The molecule has 0 amide bonds. The molecule has 1 aliphatic carbocycles. The third-order valence-electron chi connectivity index (χ3n) is 3.32. The molecular weight excluding hydrogens is 190 g/mol. The summed E-state index contributed by atoms with van der Waals surface area (Å²) < 4.78 is 5.09. The van der Waals surface area contributed by atoms with Crippen molar-refractivity contribution in [2.24, 2.45) is 5.92 Å². The molecule has 4 nitrogen and oxygen atoms in total. The molecule has 0 aromatic carbocycles. The highest BCUT2D eigenvalue weighted by Gasteiger charge is 2.19. The predicted molar refractivity (Wildman–Crippen MR) is 58.6 cm³/mol. The van der Waals surface area contributed by atoms with Gasteiger partial charge in [-0.1, -0.05) is 30.8 Å². The van der Waals surface area contributed by atoms with E-state index in [0.717, 1.165) is 5.92 Å². The van der Waals surface area contributed by atoms with Gasteiger partial charge in [-0.05, 0) is 25.7 Å². The Bertz CT molecular complexity index is 265. The van der Waals surface area contributed by atoms with Crippen LogP contribution >= 0.6 is 0 Å². The fourth-order valence-corrected chi connectivity index (χ4v) is 2.36. The number of hydrogen-bond acceptors (Lipinski definition) is 4. The average Bonchev–Trinajstić information content (AvgIpc) is 2.58. The molecule has 84 valence electrons. The standard InChI is InChI=1S/C11H19N3O/c1-9(13-11-14-12-8-15-11)10-6-4-2-3-5-7-10/h8-10H,2-7H2,1H3,(H,13,14)/t9-/m1/s1. The summed E-state index contributed by atoms with van der Waals surface area (Å²) in [6, 6.07) is 0.982. The molecule has 1 aliphatic rings. The van der Waals surface area contributed by atoms with Gasteiger partial charge in [0.2, 0.25) is 6.39 Å². The highest BCUT2D eigenvalue weighted by Crippen LogP contribution is 2.26. The largest absolute Gasteiger partial charge is 0.411 e. The molecule has 1 aromatic rings. The maximum absolute atomic E-state index is 5.09. The minimum absolute atomic E-state index is 0.434. The fourth-order valence-electron chi connectivity index (χ4n) is 2.36. The van der Waals surface area contributed by atoms with Gasteiger partial charge in [-0.3, -0.25) is 0 Å². The maximum atomic E-state index is 5.09. The minimum atomic E-state index is 0.434. The van der Waals surface area contributed by atoms with Crippen LogP contribution in [0, 0.1) is 5.92 Å². The summed E-state index contributed by atoms with van der Waals surface area (Å²) in [6.45, 7) is 2.21. The van der Waals surface area contributed by atoms with Crippen molar-refractivity contribution in [3.8, 4) is 0 Å². The second-order valence-electron chi connectivity index (χ2n) is 4.43. The number of rotatable bonds is 3. The summed E-state index contributed by atoms with van der Waals surface area (Å²) in [5.41, 5.74) is 0. The van der Waals surface area contributed by atoms with Crippen molar-refractivity contribution in [2.75, 3.05) is 5.32 Å². The molecule has 15 heavy (non-hydrogen) atoms. The van der Waals surface area contributed by atoms with E-state index in [9.17, 15) is 0 Å². The van der Waals surface area contributed by atoms with Crippen LogP contribution in [0.5, 0.6) is 0 Å². The van der Waals surface area contributed by atoms with Crippen LogP contribution in [0.4, 0.5) is 6.01 Å². The van der Waals surface area contributed by atoms with Crippen molar-refractivity contribution < 1.29 is 4.42 Å². The number of hydrogen-bond donors (Lipinski definition) is 1. The van der Waals surface area contributed by atoms with Crippen LogP contribution in [-0.4, -0.2) is 16.2 Å². The smallest absolute Gasteiger partial charge is 0.315 e. The highest BCUT2D eigenvalue weighted by molar-refractivity contribution is 5.18. The quantitative estimate of drug-likeness (QED) is 0.778. The Hall–Kier alpha value is -1.06. The van der Waals surface area contributed by atoms with Gasteiger partial charge in [-0.25, -0.2) is 0 Å². The molecule has 1 heterocycles. The lowest BCUT2D eigenvalue weighted by atomic mass is 9.93. The molecule has 1 fully saturated rings. The Morgan fingerprint density at radius 3 is 2.67 bits per heavy atom. The molecule has 1 N–H and O–H groups in total. The molecular formula is C11H19N3O. The van der Waals surface area contributed by atoms with Gasteiger partial charge >= 0.3 is 6.01 Å². The molecule has 1 aromatic heterocycles. The van der Waals surface area contributed by atoms with Crippen molar-refractivity contribution >= 4 is 6.01 Å². The zero-order valence-electron chi connectivity index (χ0n) is 9.28. The number of aromatic nitrogens is 2. The SMILES string of the molecule is C[C@@H](Nc1nnco1)C1CCCCCC1. The van der Waals surface area contributed by atoms with E-state index in [2.05, 4.69) is 22.4 Å². The summed E-state index contributed by atoms with van der Waals surface area (Å²) in [4.78, 5) is 0. The van der Waals surface area contributed by atoms with E-state index in [1.807, 2.05) is 0 Å². The van der Waals surface area contributed by atoms with Crippen LogP contribution in [0.15, 0.2) is 10.8 Å². The first-order chi connectivity index (χ1) is 7.36. The van der Waals surface area contributed by atoms with Gasteiger partial charge in [0.1, 0.15) is 0 Å². The Kier molecular flexibility index (Phi) is 3.59. The van der Waals surface area contributed by atoms with Crippen molar-refractivity contribution in [1.29, 1.82) is 0 Å². The van der Waals surface area contributed by atoms with E-state index in [4.69, 9.17) is 4.42 Å². The van der Waals surface area contributed by atoms with Gasteiger partial charge < -0.3 is 9.73 Å². The molecule has 0 radical (unpaired) electrons. The highest BCUT2D eigenvalue weighted by atomic mass is 16.4. The number of nitrogens with zero attached hydrogens (tertiary/aromatic N) is 2. The lowest BCUT2D eigenvalue weighted by molar-refractivity contribution is 0.403. The Morgan fingerprint density at radius 1 is 1.33 bits per heavy atom. The summed E-state index contributed by atoms with van der Waals surface area (Å²) in [7, 11) is 0. The maximum Gasteiger partial charge on any atom is 0.315 e. The molecule has 1 atom stereocenters. The Labute approximate surface area is 90.5 Å². The van der Waals surface area contributed by atoms with Crippen molar-refractivity contribution in [1.82, 2.24) is 10.2 Å². The van der Waals surface area contributed by atoms with Crippen molar-refractivity contribution in [2.45, 2.75) is 51.5 Å². The summed E-state index contributed by atoms with van der Waals surface area (Å²) in [5, 5.41) is 10.8. The monoisotopic (exact) mass is 209 g/mol. The van der Waals surface area contributed by atoms with Crippen molar-refractivity contribution in [3.05, 3.63) is 6.39 Å². The topological polar surface area (TPSA) is 51.0 Å². The van der Waals surface area contributed by atoms with E-state index < -0.39 is 0 Å². The lowest BCUT2D eigenvalue weighted by Crippen LogP contribution is -2.25. The zero-order valence-corrected chi connectivity index (χ0v) is 9.28. The average molecular weight is 209 g/mol. The molecule has 0 bridgehead atoms. The predicted octanol–water partition coefficient (Wildman–Crippen LogP) is 2.84. The first-order valence-electron chi connectivity index (χ1n) is 5.89. The summed E-state index contributed by atoms with van der Waals surface area (Å²) in [6.07, 6.45) is 9.52. The van der Waals surface area contributed by atoms with Crippen LogP contribution in [0.2, 0.25) is 0 Å². The summed E-state index contributed by atoms with van der Waals surface area (Å²) in [5.74, 6) is 0.749. The minimum Gasteiger partial charge on any atom is -0.411 e. The third kappa shape index (κ3) is 2.94. The van der Waals surface area contributed by atoms with Crippen LogP contribution < -0.4 is 5.32 Å². The molecule has 0 aliphatic heterocycles. The van der Waals surface area contributed by atoms with Crippen LogP contribution in [-0.2, 0) is 0 Å². The van der Waals surface area contributed by atoms with E-state index in [-0.39, 0.29) is 0 Å². The molecule has 2 rings (SSSR count). The molecule has 4 heteroatoms. The second-order valence-corrected chi connectivity index (χ2v) is 4.43. The number of anilines is 1. The van der Waals surface area contributed by atoms with Gasteiger partial charge in [0.15, 0.2) is 0 Å². The second kappa shape index (κ2) is 5.14. The first-order valence-corrected chi connectivity index (χ1v) is 5.89. The van der Waals surface area contributed by atoms with Crippen LogP contribution in [0.25, 0.3) is 0 Å². The lowest BCUT2D eigenvalue weighted by Gasteiger charge is -2.22. The van der Waals surface area contributed by atoms with Gasteiger partial charge in [0.25, 0.3) is 0 Å². The molecule has 0 spiro atoms. The van der Waals surface area contributed by atoms with E-state index in [1.165, 1.54) is 44.9 Å². The van der Waals surface area contributed by atoms with Crippen molar-refractivity contribution in [3.63, 3.8) is 0 Å². The Morgan fingerprint density at radius 2 is 2.07 bits per heavy atom. The fraction of sp³-hybridized carbons (Fsp3) is 0.818. The number of nitrogens with one attached hydrogen (secondary N) is 1. The molecule has 1 saturated carbocycles. The van der Waals surface area contributed by atoms with E-state index in [0.29, 0.717) is 12.1 Å². The van der Waals surface area contributed by atoms with Crippen LogP contribution in [0.1, 0.15) is 45.4 Å². The molecule has 0 unspecified atom stereocenters. The first kappa shape index (κ1) is 10.5. The van der Waals surface area contributed by atoms with Crippen LogP contribution in [0.3, 0.4) is 0 Å². The van der Waals surface area contributed by atoms with E-state index in [1.54, 1.807) is 0 Å². The van der Waals surface area contributed by atoms with Gasteiger partial charge in [-0.2, -0.15) is 0 Å².